The first-order valence-electron chi connectivity index (χ1n) is 6.55. The van der Waals surface area contributed by atoms with Crippen molar-refractivity contribution in [3.63, 3.8) is 0 Å². The van der Waals surface area contributed by atoms with Crippen LogP contribution in [-0.4, -0.2) is 17.4 Å². The Kier molecular flexibility index (Phi) is 4.17. The van der Waals surface area contributed by atoms with Crippen molar-refractivity contribution in [1.29, 1.82) is 0 Å². The molecule has 0 spiro atoms. The van der Waals surface area contributed by atoms with Gasteiger partial charge in [-0.2, -0.15) is 0 Å². The zero-order chi connectivity index (χ0) is 14.8. The minimum absolute atomic E-state index is 0.0164. The molecule has 5 heteroatoms. The summed E-state index contributed by atoms with van der Waals surface area (Å²) in [4.78, 5) is 14.0. The van der Waals surface area contributed by atoms with Gasteiger partial charge in [0.05, 0.1) is 0 Å². The van der Waals surface area contributed by atoms with E-state index in [1.54, 1.807) is 4.90 Å². The highest BCUT2D eigenvalue weighted by molar-refractivity contribution is 9.10. The Morgan fingerprint density at radius 2 is 1.95 bits per heavy atom. The third kappa shape index (κ3) is 3.39. The SMILES string of the molecule is O=C1COc2ccc(Br)cc2CN1Cc1ccc(Cl)cc1. The van der Waals surface area contributed by atoms with Crippen molar-refractivity contribution >= 4 is 33.4 Å². The Balaban J connectivity index is 1.84. The van der Waals surface area contributed by atoms with E-state index >= 15 is 0 Å². The number of amides is 1. The highest BCUT2D eigenvalue weighted by Gasteiger charge is 2.21. The molecular weight excluding hydrogens is 354 g/mol. The van der Waals surface area contributed by atoms with Gasteiger partial charge in [-0.05, 0) is 35.9 Å². The van der Waals surface area contributed by atoms with Crippen LogP contribution in [0.5, 0.6) is 5.75 Å². The third-order valence-electron chi connectivity index (χ3n) is 3.37. The number of fused-ring (bicyclic) bond motifs is 1. The van der Waals surface area contributed by atoms with Crippen molar-refractivity contribution in [2.24, 2.45) is 0 Å². The number of carbonyl (C=O) groups excluding carboxylic acids is 1. The molecule has 0 saturated carbocycles. The zero-order valence-corrected chi connectivity index (χ0v) is 13.5. The van der Waals surface area contributed by atoms with Gasteiger partial charge < -0.3 is 9.64 Å². The molecule has 0 saturated heterocycles. The van der Waals surface area contributed by atoms with Gasteiger partial charge in [0.2, 0.25) is 0 Å². The number of nitrogens with zero attached hydrogens (tertiary/aromatic N) is 1. The van der Waals surface area contributed by atoms with E-state index in [1.807, 2.05) is 42.5 Å². The van der Waals surface area contributed by atoms with Gasteiger partial charge in [0.25, 0.3) is 5.91 Å². The third-order valence-corrected chi connectivity index (χ3v) is 4.12. The van der Waals surface area contributed by atoms with Crippen LogP contribution in [0.4, 0.5) is 0 Å². The summed E-state index contributed by atoms with van der Waals surface area (Å²) < 4.78 is 6.55. The van der Waals surface area contributed by atoms with E-state index in [4.69, 9.17) is 16.3 Å². The van der Waals surface area contributed by atoms with Gasteiger partial charge in [0.15, 0.2) is 6.61 Å². The molecule has 0 unspecified atom stereocenters. The Morgan fingerprint density at radius 3 is 2.71 bits per heavy atom. The largest absolute Gasteiger partial charge is 0.483 e. The molecule has 0 aromatic heterocycles. The first-order chi connectivity index (χ1) is 10.1. The van der Waals surface area contributed by atoms with E-state index in [-0.39, 0.29) is 12.5 Å². The van der Waals surface area contributed by atoms with Crippen molar-refractivity contribution in [3.8, 4) is 5.75 Å². The highest BCUT2D eigenvalue weighted by Crippen LogP contribution is 2.27. The number of hydrogen-bond acceptors (Lipinski definition) is 2. The molecule has 3 rings (SSSR count). The van der Waals surface area contributed by atoms with Crippen LogP contribution in [0.2, 0.25) is 5.02 Å². The molecule has 0 radical (unpaired) electrons. The number of benzene rings is 2. The number of ether oxygens (including phenoxy) is 1. The molecule has 1 amide bonds. The molecule has 2 aromatic carbocycles. The Labute approximate surface area is 136 Å². The van der Waals surface area contributed by atoms with Gasteiger partial charge in [-0.1, -0.05) is 39.7 Å². The summed E-state index contributed by atoms with van der Waals surface area (Å²) >= 11 is 9.34. The van der Waals surface area contributed by atoms with E-state index < -0.39 is 0 Å². The summed E-state index contributed by atoms with van der Waals surface area (Å²) in [5.74, 6) is 0.752. The van der Waals surface area contributed by atoms with Crippen LogP contribution in [-0.2, 0) is 17.9 Å². The molecule has 0 atom stereocenters. The summed E-state index contributed by atoms with van der Waals surface area (Å²) in [5, 5.41) is 0.693. The van der Waals surface area contributed by atoms with Gasteiger partial charge >= 0.3 is 0 Å². The molecule has 2 aromatic rings. The molecule has 0 fully saturated rings. The molecule has 0 N–H and O–H groups in total. The van der Waals surface area contributed by atoms with E-state index in [2.05, 4.69) is 15.9 Å². The lowest BCUT2D eigenvalue weighted by atomic mass is 10.1. The maximum Gasteiger partial charge on any atom is 0.261 e. The molecule has 108 valence electrons. The van der Waals surface area contributed by atoms with Gasteiger partial charge in [0, 0.05) is 28.1 Å². The second-order valence-corrected chi connectivity index (χ2v) is 6.27. The Morgan fingerprint density at radius 1 is 1.19 bits per heavy atom. The molecule has 1 aliphatic heterocycles. The number of rotatable bonds is 2. The maximum atomic E-state index is 12.2. The van der Waals surface area contributed by atoms with Crippen molar-refractivity contribution in [3.05, 3.63) is 63.1 Å². The predicted molar refractivity (Wildman–Crippen MR) is 85.3 cm³/mol. The number of hydrogen-bond donors (Lipinski definition) is 0. The van der Waals surface area contributed by atoms with Gasteiger partial charge in [-0.15, -0.1) is 0 Å². The normalized spacial score (nSPS) is 14.4. The van der Waals surface area contributed by atoms with Crippen LogP contribution in [0.1, 0.15) is 11.1 Å². The number of halogens is 2. The zero-order valence-electron chi connectivity index (χ0n) is 11.2. The topological polar surface area (TPSA) is 29.5 Å². The fourth-order valence-electron chi connectivity index (χ4n) is 2.29. The average molecular weight is 367 g/mol. The van der Waals surface area contributed by atoms with E-state index in [0.717, 1.165) is 21.3 Å². The average Bonchev–Trinajstić information content (AvgIpc) is 2.61. The lowest BCUT2D eigenvalue weighted by Gasteiger charge is -2.20. The molecule has 0 aliphatic carbocycles. The van der Waals surface area contributed by atoms with Gasteiger partial charge in [0.1, 0.15) is 5.75 Å². The molecule has 21 heavy (non-hydrogen) atoms. The Bertz CT molecular complexity index is 672. The molecule has 3 nitrogen and oxygen atoms in total. The maximum absolute atomic E-state index is 12.2. The quantitative estimate of drug-likeness (QED) is 0.803. The minimum Gasteiger partial charge on any atom is -0.483 e. The molecular formula is C16H13BrClNO2. The summed E-state index contributed by atoms with van der Waals surface area (Å²) in [6, 6.07) is 13.3. The second-order valence-electron chi connectivity index (χ2n) is 4.92. The van der Waals surface area contributed by atoms with Crippen molar-refractivity contribution in [1.82, 2.24) is 4.90 Å². The van der Waals surface area contributed by atoms with E-state index in [9.17, 15) is 4.79 Å². The van der Waals surface area contributed by atoms with Crippen molar-refractivity contribution in [2.45, 2.75) is 13.1 Å². The fourth-order valence-corrected chi connectivity index (χ4v) is 2.83. The molecule has 1 heterocycles. The van der Waals surface area contributed by atoms with Gasteiger partial charge in [-0.25, -0.2) is 0 Å². The lowest BCUT2D eigenvalue weighted by Crippen LogP contribution is -2.31. The Hall–Kier alpha value is -1.52. The minimum atomic E-state index is -0.0164. The molecule has 0 bridgehead atoms. The first kappa shape index (κ1) is 14.4. The summed E-state index contributed by atoms with van der Waals surface area (Å²) in [6.07, 6.45) is 0. The monoisotopic (exact) mass is 365 g/mol. The van der Waals surface area contributed by atoms with Crippen LogP contribution in [0.3, 0.4) is 0 Å². The van der Waals surface area contributed by atoms with Crippen LogP contribution in [0, 0.1) is 0 Å². The predicted octanol–water partition coefficient (Wildman–Crippen LogP) is 4.02. The summed E-state index contributed by atoms with van der Waals surface area (Å²) in [7, 11) is 0. The van der Waals surface area contributed by atoms with E-state index in [0.29, 0.717) is 18.1 Å². The standard InChI is InChI=1S/C16H13BrClNO2/c17-13-3-6-15-12(7-13)9-19(16(20)10-21-15)8-11-1-4-14(18)5-2-11/h1-7H,8-10H2. The second kappa shape index (κ2) is 6.08. The molecule has 1 aliphatic rings. The van der Waals surface area contributed by atoms with Crippen LogP contribution >= 0.6 is 27.5 Å². The first-order valence-corrected chi connectivity index (χ1v) is 7.72. The fraction of sp³-hybridized carbons (Fsp3) is 0.188. The van der Waals surface area contributed by atoms with Crippen LogP contribution in [0.25, 0.3) is 0 Å². The smallest absolute Gasteiger partial charge is 0.261 e. The van der Waals surface area contributed by atoms with Crippen LogP contribution in [0.15, 0.2) is 46.9 Å². The summed E-state index contributed by atoms with van der Waals surface area (Å²) in [6.45, 7) is 1.16. The van der Waals surface area contributed by atoms with Crippen molar-refractivity contribution in [2.75, 3.05) is 6.61 Å². The highest BCUT2D eigenvalue weighted by atomic mass is 79.9. The van der Waals surface area contributed by atoms with Crippen molar-refractivity contribution < 1.29 is 9.53 Å². The number of carbonyl (C=O) groups is 1. The van der Waals surface area contributed by atoms with Gasteiger partial charge in [-0.3, -0.25) is 4.79 Å². The van der Waals surface area contributed by atoms with E-state index in [1.165, 1.54) is 0 Å². The lowest BCUT2D eigenvalue weighted by molar-refractivity contribution is -0.133. The summed E-state index contributed by atoms with van der Waals surface area (Å²) in [5.41, 5.74) is 2.05. The van der Waals surface area contributed by atoms with Crippen LogP contribution < -0.4 is 4.74 Å².